The van der Waals surface area contributed by atoms with Crippen molar-refractivity contribution in [1.82, 2.24) is 5.43 Å². The molecule has 84 valence electrons. The van der Waals surface area contributed by atoms with Crippen molar-refractivity contribution in [2.45, 2.75) is 17.9 Å². The first-order chi connectivity index (χ1) is 7.33. The molecule has 1 atom stereocenters. The number of hydrogen-bond donors (Lipinski definition) is 2. The third-order valence-corrected chi connectivity index (χ3v) is 3.02. The summed E-state index contributed by atoms with van der Waals surface area (Å²) in [7, 11) is 0. The van der Waals surface area contributed by atoms with Gasteiger partial charge in [0.25, 0.3) is 0 Å². The predicted molar refractivity (Wildman–Crippen MR) is 64.8 cm³/mol. The summed E-state index contributed by atoms with van der Waals surface area (Å²) < 4.78 is 5.39. The van der Waals surface area contributed by atoms with E-state index in [-0.39, 0.29) is 6.04 Å². The number of nitrogens with two attached hydrogens (primary N) is 1. The maximum atomic E-state index is 5.53. The van der Waals surface area contributed by atoms with Gasteiger partial charge in [0, 0.05) is 11.5 Å². The lowest BCUT2D eigenvalue weighted by atomic mass is 10.1. The van der Waals surface area contributed by atoms with Crippen LogP contribution in [-0.2, 0) is 4.74 Å². The minimum atomic E-state index is 0.0635. The molecule has 3 N–H and O–H groups in total. The molecule has 0 aromatic heterocycles. The van der Waals surface area contributed by atoms with E-state index in [1.165, 1.54) is 10.5 Å². The molecule has 0 aliphatic rings. The Kier molecular flexibility index (Phi) is 5.71. The molecular weight excluding hydrogens is 208 g/mol. The van der Waals surface area contributed by atoms with Crippen LogP contribution >= 0.6 is 11.8 Å². The molecule has 3 nitrogen and oxygen atoms in total. The van der Waals surface area contributed by atoms with E-state index in [1.807, 2.05) is 19.1 Å². The number of hydrogen-bond acceptors (Lipinski definition) is 4. The lowest BCUT2D eigenvalue weighted by Crippen LogP contribution is -2.31. The SMILES string of the molecule is CCOCC(NN)c1ccccc1SC. The Morgan fingerprint density at radius 2 is 2.20 bits per heavy atom. The molecular formula is C11H18N2OS. The number of benzene rings is 1. The Morgan fingerprint density at radius 3 is 2.80 bits per heavy atom. The van der Waals surface area contributed by atoms with Crippen LogP contribution in [-0.4, -0.2) is 19.5 Å². The van der Waals surface area contributed by atoms with Crippen molar-refractivity contribution in [3.05, 3.63) is 29.8 Å². The van der Waals surface area contributed by atoms with E-state index in [2.05, 4.69) is 23.8 Å². The van der Waals surface area contributed by atoms with E-state index in [9.17, 15) is 0 Å². The monoisotopic (exact) mass is 226 g/mol. The molecule has 1 unspecified atom stereocenters. The zero-order chi connectivity index (χ0) is 11.1. The Hall–Kier alpha value is -0.550. The van der Waals surface area contributed by atoms with Gasteiger partial charge in [-0.05, 0) is 24.8 Å². The second-order valence-electron chi connectivity index (χ2n) is 3.12. The molecule has 15 heavy (non-hydrogen) atoms. The Labute approximate surface area is 95.4 Å². The molecule has 0 saturated heterocycles. The third kappa shape index (κ3) is 3.50. The summed E-state index contributed by atoms with van der Waals surface area (Å²) in [4.78, 5) is 1.24. The molecule has 0 saturated carbocycles. The summed E-state index contributed by atoms with van der Waals surface area (Å²) in [5.41, 5.74) is 3.98. The van der Waals surface area contributed by atoms with Crippen LogP contribution in [0.4, 0.5) is 0 Å². The van der Waals surface area contributed by atoms with Gasteiger partial charge in [-0.1, -0.05) is 18.2 Å². The van der Waals surface area contributed by atoms with Crippen LogP contribution in [0.3, 0.4) is 0 Å². The van der Waals surface area contributed by atoms with Gasteiger partial charge < -0.3 is 4.74 Å². The number of rotatable bonds is 6. The van der Waals surface area contributed by atoms with Crippen molar-refractivity contribution >= 4 is 11.8 Å². The van der Waals surface area contributed by atoms with Gasteiger partial charge in [-0.2, -0.15) is 0 Å². The fourth-order valence-electron chi connectivity index (χ4n) is 1.42. The van der Waals surface area contributed by atoms with E-state index < -0.39 is 0 Å². The highest BCUT2D eigenvalue weighted by Crippen LogP contribution is 2.25. The third-order valence-electron chi connectivity index (χ3n) is 2.20. The second kappa shape index (κ2) is 6.85. The standard InChI is InChI=1S/C11H18N2OS/c1-3-14-8-10(13-12)9-6-4-5-7-11(9)15-2/h4-7,10,13H,3,8,12H2,1-2H3. The zero-order valence-corrected chi connectivity index (χ0v) is 10.0. The Morgan fingerprint density at radius 1 is 1.47 bits per heavy atom. The summed E-state index contributed by atoms with van der Waals surface area (Å²) in [5.74, 6) is 5.53. The molecule has 0 fully saturated rings. The van der Waals surface area contributed by atoms with E-state index in [4.69, 9.17) is 10.6 Å². The summed E-state index contributed by atoms with van der Waals surface area (Å²) in [6, 6.07) is 8.29. The van der Waals surface area contributed by atoms with Gasteiger partial charge in [-0.15, -0.1) is 11.8 Å². The highest BCUT2D eigenvalue weighted by atomic mass is 32.2. The lowest BCUT2D eigenvalue weighted by molar-refractivity contribution is 0.122. The maximum Gasteiger partial charge on any atom is 0.0704 e. The molecule has 1 aromatic carbocycles. The number of hydrazine groups is 1. The van der Waals surface area contributed by atoms with Crippen LogP contribution in [0.25, 0.3) is 0 Å². The summed E-state index contributed by atoms with van der Waals surface area (Å²) >= 11 is 1.72. The summed E-state index contributed by atoms with van der Waals surface area (Å²) in [6.07, 6.45) is 2.06. The van der Waals surface area contributed by atoms with Gasteiger partial charge in [0.05, 0.1) is 12.6 Å². The van der Waals surface area contributed by atoms with Crippen molar-refractivity contribution in [1.29, 1.82) is 0 Å². The smallest absolute Gasteiger partial charge is 0.0704 e. The fraction of sp³-hybridized carbons (Fsp3) is 0.455. The average Bonchev–Trinajstić information content (AvgIpc) is 2.30. The molecule has 1 rings (SSSR count). The zero-order valence-electron chi connectivity index (χ0n) is 9.19. The molecule has 0 heterocycles. The van der Waals surface area contributed by atoms with Gasteiger partial charge in [0.2, 0.25) is 0 Å². The highest BCUT2D eigenvalue weighted by Gasteiger charge is 2.12. The molecule has 0 bridgehead atoms. The average molecular weight is 226 g/mol. The Balaban J connectivity index is 2.80. The van der Waals surface area contributed by atoms with Crippen molar-refractivity contribution in [3.8, 4) is 0 Å². The first kappa shape index (κ1) is 12.5. The fourth-order valence-corrected chi connectivity index (χ4v) is 2.08. The first-order valence-corrected chi connectivity index (χ1v) is 6.22. The van der Waals surface area contributed by atoms with Gasteiger partial charge in [0.15, 0.2) is 0 Å². The van der Waals surface area contributed by atoms with Gasteiger partial charge in [-0.3, -0.25) is 11.3 Å². The van der Waals surface area contributed by atoms with Crippen molar-refractivity contribution in [3.63, 3.8) is 0 Å². The van der Waals surface area contributed by atoms with Gasteiger partial charge >= 0.3 is 0 Å². The molecule has 0 amide bonds. The molecule has 0 spiro atoms. The van der Waals surface area contributed by atoms with Crippen LogP contribution < -0.4 is 11.3 Å². The van der Waals surface area contributed by atoms with Crippen LogP contribution in [0.15, 0.2) is 29.2 Å². The van der Waals surface area contributed by atoms with Crippen LogP contribution in [0.5, 0.6) is 0 Å². The first-order valence-electron chi connectivity index (χ1n) is 5.00. The molecule has 0 radical (unpaired) electrons. The maximum absolute atomic E-state index is 5.53. The molecule has 0 aliphatic carbocycles. The van der Waals surface area contributed by atoms with E-state index in [1.54, 1.807) is 11.8 Å². The van der Waals surface area contributed by atoms with E-state index in [0.717, 1.165) is 0 Å². The summed E-state index contributed by atoms with van der Waals surface area (Å²) in [5, 5.41) is 0. The largest absolute Gasteiger partial charge is 0.380 e. The quantitative estimate of drug-likeness (QED) is 0.442. The van der Waals surface area contributed by atoms with Crippen LogP contribution in [0.2, 0.25) is 0 Å². The van der Waals surface area contributed by atoms with Gasteiger partial charge in [0.1, 0.15) is 0 Å². The van der Waals surface area contributed by atoms with Crippen LogP contribution in [0, 0.1) is 0 Å². The normalized spacial score (nSPS) is 12.7. The second-order valence-corrected chi connectivity index (χ2v) is 3.97. The molecule has 0 aliphatic heterocycles. The van der Waals surface area contributed by atoms with Crippen LogP contribution in [0.1, 0.15) is 18.5 Å². The van der Waals surface area contributed by atoms with E-state index in [0.29, 0.717) is 13.2 Å². The minimum Gasteiger partial charge on any atom is -0.380 e. The van der Waals surface area contributed by atoms with E-state index >= 15 is 0 Å². The minimum absolute atomic E-state index is 0.0635. The number of ether oxygens (including phenoxy) is 1. The van der Waals surface area contributed by atoms with Gasteiger partial charge in [-0.25, -0.2) is 0 Å². The number of nitrogens with one attached hydrogen (secondary N) is 1. The highest BCUT2D eigenvalue weighted by molar-refractivity contribution is 7.98. The van der Waals surface area contributed by atoms with Crippen molar-refractivity contribution < 1.29 is 4.74 Å². The Bertz CT molecular complexity index is 294. The lowest BCUT2D eigenvalue weighted by Gasteiger charge is -2.18. The van der Waals surface area contributed by atoms with Crippen molar-refractivity contribution in [2.24, 2.45) is 5.84 Å². The van der Waals surface area contributed by atoms with Crippen molar-refractivity contribution in [2.75, 3.05) is 19.5 Å². The molecule has 1 aromatic rings. The summed E-state index contributed by atoms with van der Waals surface area (Å²) in [6.45, 7) is 3.29. The topological polar surface area (TPSA) is 47.3 Å². The number of thioether (sulfide) groups is 1. The molecule has 4 heteroatoms. The predicted octanol–water partition coefficient (Wildman–Crippen LogP) is 1.95.